The third-order valence-electron chi connectivity index (χ3n) is 2.71. The van der Waals surface area contributed by atoms with E-state index in [1.165, 1.54) is 26.2 Å². The van der Waals surface area contributed by atoms with Crippen molar-refractivity contribution >= 4 is 11.8 Å². The summed E-state index contributed by atoms with van der Waals surface area (Å²) in [6.45, 7) is 1.30. The van der Waals surface area contributed by atoms with Crippen LogP contribution in [-0.2, 0) is 20.7 Å². The molecule has 1 aromatic rings. The van der Waals surface area contributed by atoms with Gasteiger partial charge in [0.25, 0.3) is 0 Å². The second kappa shape index (κ2) is 6.26. The van der Waals surface area contributed by atoms with E-state index in [9.17, 15) is 14.0 Å². The predicted molar refractivity (Wildman–Crippen MR) is 64.3 cm³/mol. The summed E-state index contributed by atoms with van der Waals surface area (Å²) in [5.41, 5.74) is 6.61. The zero-order chi connectivity index (χ0) is 13.7. The number of methoxy groups -OCH3 is 1. The summed E-state index contributed by atoms with van der Waals surface area (Å²) in [5, 5.41) is 0. The molecule has 1 aromatic carbocycles. The summed E-state index contributed by atoms with van der Waals surface area (Å²) in [6.07, 6.45) is 0.305. The Bertz CT molecular complexity index is 430. The van der Waals surface area contributed by atoms with Crippen LogP contribution in [0.15, 0.2) is 24.3 Å². The van der Waals surface area contributed by atoms with E-state index in [1.54, 1.807) is 12.1 Å². The van der Waals surface area contributed by atoms with Crippen molar-refractivity contribution in [2.45, 2.75) is 19.4 Å². The molecular weight excluding hydrogens is 237 g/mol. The van der Waals surface area contributed by atoms with Gasteiger partial charge in [0.1, 0.15) is 17.5 Å². The van der Waals surface area contributed by atoms with E-state index in [0.29, 0.717) is 6.42 Å². The van der Waals surface area contributed by atoms with Crippen molar-refractivity contribution in [1.29, 1.82) is 0 Å². The van der Waals surface area contributed by atoms with E-state index in [2.05, 4.69) is 4.74 Å². The van der Waals surface area contributed by atoms with Crippen LogP contribution in [0.3, 0.4) is 0 Å². The Labute approximate surface area is 105 Å². The molecule has 0 aliphatic heterocycles. The minimum absolute atomic E-state index is 0.305. The van der Waals surface area contributed by atoms with Crippen molar-refractivity contribution < 1.29 is 18.7 Å². The third kappa shape index (κ3) is 3.63. The number of Topliss-reactive ketones (excluding diaryl/α,β-unsaturated/α-hetero) is 1. The fraction of sp³-hybridized carbons (Fsp3) is 0.385. The number of hydrogen-bond donors (Lipinski definition) is 1. The second-order valence-electron chi connectivity index (χ2n) is 4.11. The van der Waals surface area contributed by atoms with Gasteiger partial charge in [-0.25, -0.2) is 4.39 Å². The average molecular weight is 253 g/mol. The van der Waals surface area contributed by atoms with Crippen LogP contribution in [0.2, 0.25) is 0 Å². The lowest BCUT2D eigenvalue weighted by Gasteiger charge is -2.19. The highest BCUT2D eigenvalue weighted by molar-refractivity contribution is 5.98. The van der Waals surface area contributed by atoms with Crippen molar-refractivity contribution in [1.82, 2.24) is 0 Å². The number of hydrogen-bond acceptors (Lipinski definition) is 4. The Morgan fingerprint density at radius 1 is 1.33 bits per heavy atom. The van der Waals surface area contributed by atoms with E-state index in [4.69, 9.17) is 5.73 Å². The van der Waals surface area contributed by atoms with Gasteiger partial charge in [0.05, 0.1) is 7.11 Å². The molecule has 0 aliphatic rings. The van der Waals surface area contributed by atoms with Crippen LogP contribution in [0.4, 0.5) is 4.39 Å². The van der Waals surface area contributed by atoms with Gasteiger partial charge in [-0.2, -0.15) is 0 Å². The fourth-order valence-corrected chi connectivity index (χ4v) is 1.78. The largest absolute Gasteiger partial charge is 0.468 e. The first kappa shape index (κ1) is 14.3. The number of benzene rings is 1. The van der Waals surface area contributed by atoms with Gasteiger partial charge in [0, 0.05) is 6.04 Å². The topological polar surface area (TPSA) is 69.4 Å². The predicted octanol–water partition coefficient (Wildman–Crippen LogP) is 1.07. The van der Waals surface area contributed by atoms with E-state index in [1.807, 2.05) is 0 Å². The summed E-state index contributed by atoms with van der Waals surface area (Å²) in [5.74, 6) is -2.31. The Kier molecular flexibility index (Phi) is 4.97. The lowest BCUT2D eigenvalue weighted by Crippen LogP contribution is -2.42. The number of ether oxygens (including phenoxy) is 1. The standard InChI is InChI=1S/C13H16FNO3/c1-8(16)12(13(17)18-2)11(15)7-9-3-5-10(14)6-4-9/h3-6,11-12H,7,15H2,1-2H3. The lowest BCUT2D eigenvalue weighted by atomic mass is 9.91. The molecule has 98 valence electrons. The summed E-state index contributed by atoms with van der Waals surface area (Å²) in [6, 6.07) is 5.08. The lowest BCUT2D eigenvalue weighted by molar-refractivity contribution is -0.149. The molecule has 0 radical (unpaired) electrons. The first-order valence-corrected chi connectivity index (χ1v) is 5.54. The van der Waals surface area contributed by atoms with E-state index in [0.717, 1.165) is 5.56 Å². The van der Waals surface area contributed by atoms with Crippen LogP contribution < -0.4 is 5.73 Å². The molecule has 5 heteroatoms. The number of halogens is 1. The molecule has 0 amide bonds. The Morgan fingerprint density at radius 2 is 1.89 bits per heavy atom. The highest BCUT2D eigenvalue weighted by Gasteiger charge is 2.30. The van der Waals surface area contributed by atoms with Crippen LogP contribution in [-0.4, -0.2) is 24.9 Å². The highest BCUT2D eigenvalue weighted by atomic mass is 19.1. The molecule has 0 aromatic heterocycles. The molecule has 18 heavy (non-hydrogen) atoms. The quantitative estimate of drug-likeness (QED) is 0.629. The van der Waals surface area contributed by atoms with E-state index < -0.39 is 17.9 Å². The van der Waals surface area contributed by atoms with E-state index >= 15 is 0 Å². The van der Waals surface area contributed by atoms with Crippen molar-refractivity contribution in [3.05, 3.63) is 35.6 Å². The summed E-state index contributed by atoms with van der Waals surface area (Å²) in [4.78, 5) is 22.8. The smallest absolute Gasteiger partial charge is 0.317 e. The molecule has 4 nitrogen and oxygen atoms in total. The number of carbonyl (C=O) groups is 2. The number of nitrogens with two attached hydrogens (primary N) is 1. The highest BCUT2D eigenvalue weighted by Crippen LogP contribution is 2.12. The second-order valence-corrected chi connectivity index (χ2v) is 4.11. The van der Waals surface area contributed by atoms with Crippen molar-refractivity contribution in [3.8, 4) is 0 Å². The molecule has 0 heterocycles. The Morgan fingerprint density at radius 3 is 2.33 bits per heavy atom. The molecule has 0 saturated carbocycles. The van der Waals surface area contributed by atoms with Gasteiger partial charge in [-0.05, 0) is 31.0 Å². The minimum Gasteiger partial charge on any atom is -0.468 e. The fourth-order valence-electron chi connectivity index (χ4n) is 1.78. The third-order valence-corrected chi connectivity index (χ3v) is 2.71. The van der Waals surface area contributed by atoms with Crippen LogP contribution in [0.5, 0.6) is 0 Å². The maximum absolute atomic E-state index is 12.7. The molecule has 2 atom stereocenters. The number of esters is 1. The van der Waals surface area contributed by atoms with Gasteiger partial charge in [-0.1, -0.05) is 12.1 Å². The Hall–Kier alpha value is -1.75. The van der Waals surface area contributed by atoms with Gasteiger partial charge in [0.2, 0.25) is 0 Å². The molecule has 1 rings (SSSR count). The molecular formula is C13H16FNO3. The van der Waals surface area contributed by atoms with Gasteiger partial charge in [0.15, 0.2) is 0 Å². The van der Waals surface area contributed by atoms with Crippen LogP contribution in [0.1, 0.15) is 12.5 Å². The molecule has 0 saturated heterocycles. The monoisotopic (exact) mass is 253 g/mol. The molecule has 2 unspecified atom stereocenters. The average Bonchev–Trinajstić information content (AvgIpc) is 2.31. The van der Waals surface area contributed by atoms with Crippen LogP contribution in [0.25, 0.3) is 0 Å². The number of ketones is 1. The Balaban J connectivity index is 2.78. The molecule has 0 bridgehead atoms. The first-order valence-electron chi connectivity index (χ1n) is 5.54. The van der Waals surface area contributed by atoms with Gasteiger partial charge < -0.3 is 10.5 Å². The van der Waals surface area contributed by atoms with Crippen LogP contribution >= 0.6 is 0 Å². The summed E-state index contributed by atoms with van der Waals surface area (Å²) in [7, 11) is 1.21. The maximum Gasteiger partial charge on any atom is 0.317 e. The number of rotatable bonds is 5. The van der Waals surface area contributed by atoms with Gasteiger partial charge in [-0.15, -0.1) is 0 Å². The zero-order valence-corrected chi connectivity index (χ0v) is 10.4. The van der Waals surface area contributed by atoms with E-state index in [-0.39, 0.29) is 11.6 Å². The zero-order valence-electron chi connectivity index (χ0n) is 10.4. The van der Waals surface area contributed by atoms with Crippen molar-refractivity contribution in [3.63, 3.8) is 0 Å². The number of carbonyl (C=O) groups excluding carboxylic acids is 2. The van der Waals surface area contributed by atoms with Gasteiger partial charge in [-0.3, -0.25) is 9.59 Å². The SMILES string of the molecule is COC(=O)C(C(C)=O)C(N)Cc1ccc(F)cc1. The summed E-state index contributed by atoms with van der Waals surface area (Å²) >= 11 is 0. The summed E-state index contributed by atoms with van der Waals surface area (Å²) < 4.78 is 17.3. The maximum atomic E-state index is 12.7. The first-order chi connectivity index (χ1) is 8.45. The van der Waals surface area contributed by atoms with Crippen molar-refractivity contribution in [2.75, 3.05) is 7.11 Å². The van der Waals surface area contributed by atoms with Crippen molar-refractivity contribution in [2.24, 2.45) is 11.7 Å². The minimum atomic E-state index is -0.986. The molecule has 0 aliphatic carbocycles. The molecule has 0 spiro atoms. The normalized spacial score (nSPS) is 13.8. The van der Waals surface area contributed by atoms with Gasteiger partial charge >= 0.3 is 5.97 Å². The molecule has 0 fully saturated rings. The molecule has 2 N–H and O–H groups in total. The van der Waals surface area contributed by atoms with Crippen LogP contribution in [0, 0.1) is 11.7 Å².